The third kappa shape index (κ3) is 8.00. The fourth-order valence-corrected chi connectivity index (χ4v) is 2.29. The maximum Gasteiger partial charge on any atom is 0.231 e. The number of aliphatic hydroxyl groups is 1. The van der Waals surface area contributed by atoms with Crippen molar-refractivity contribution in [2.75, 3.05) is 55.1 Å². The Labute approximate surface area is 168 Å². The number of unbranched alkanes of at least 4 members (excludes halogenated alkanes) is 1. The van der Waals surface area contributed by atoms with Crippen LogP contribution >= 0.6 is 0 Å². The van der Waals surface area contributed by atoms with Crippen LogP contribution in [0.4, 0.5) is 0 Å². The smallest absolute Gasteiger partial charge is 0.231 e. The number of amidine groups is 1. The maximum atomic E-state index is 9.88. The van der Waals surface area contributed by atoms with E-state index >= 15 is 0 Å². The van der Waals surface area contributed by atoms with Crippen LogP contribution in [-0.2, 0) is 14.2 Å². The SMILES string of the molecule is CCCCOCN(COC)C1=NC(N(C)COC)=NC(N(C)C(C)O)=C=CC1. The lowest BCUT2D eigenvalue weighted by atomic mass is 10.3. The number of aliphatic hydroxyl groups excluding tert-OH is 1. The first-order chi connectivity index (χ1) is 13.4. The van der Waals surface area contributed by atoms with Crippen LogP contribution in [0, 0.1) is 0 Å². The molecule has 0 bridgehead atoms. The third-order valence-corrected chi connectivity index (χ3v) is 4.05. The summed E-state index contributed by atoms with van der Waals surface area (Å²) in [5.74, 6) is 1.70. The molecule has 160 valence electrons. The van der Waals surface area contributed by atoms with Crippen LogP contribution in [0.3, 0.4) is 0 Å². The topological polar surface area (TPSA) is 82.4 Å². The van der Waals surface area contributed by atoms with E-state index in [9.17, 15) is 5.11 Å². The number of ether oxygens (including phenoxy) is 3. The van der Waals surface area contributed by atoms with Crippen molar-refractivity contribution in [2.24, 2.45) is 9.98 Å². The molecule has 0 saturated carbocycles. The number of rotatable bonds is 11. The van der Waals surface area contributed by atoms with E-state index in [1.165, 1.54) is 0 Å². The number of aliphatic imine (C=N–C) groups is 2. The minimum atomic E-state index is -0.700. The van der Waals surface area contributed by atoms with E-state index in [4.69, 9.17) is 19.2 Å². The molecule has 1 rings (SSSR count). The number of hydrogen-bond donors (Lipinski definition) is 1. The molecule has 9 heteroatoms. The van der Waals surface area contributed by atoms with Crippen molar-refractivity contribution in [3.05, 3.63) is 17.6 Å². The highest BCUT2D eigenvalue weighted by Crippen LogP contribution is 2.12. The Morgan fingerprint density at radius 3 is 2.50 bits per heavy atom. The lowest BCUT2D eigenvalue weighted by Crippen LogP contribution is -2.38. The monoisotopic (exact) mass is 397 g/mol. The summed E-state index contributed by atoms with van der Waals surface area (Å²) in [5, 5.41) is 9.88. The predicted octanol–water partition coefficient (Wildman–Crippen LogP) is 1.63. The fraction of sp³-hybridized carbons (Fsp3) is 0.737. The summed E-state index contributed by atoms with van der Waals surface area (Å²) in [7, 11) is 6.85. The first-order valence-corrected chi connectivity index (χ1v) is 9.48. The molecule has 0 fully saturated rings. The molecule has 0 radical (unpaired) electrons. The van der Waals surface area contributed by atoms with Gasteiger partial charge in [-0.25, -0.2) is 0 Å². The number of methoxy groups -OCH3 is 2. The Balaban J connectivity index is 3.15. The maximum absolute atomic E-state index is 9.88. The molecule has 1 aliphatic rings. The molecule has 28 heavy (non-hydrogen) atoms. The normalized spacial score (nSPS) is 15.2. The lowest BCUT2D eigenvalue weighted by Gasteiger charge is -2.28. The zero-order valence-corrected chi connectivity index (χ0v) is 18.0. The molecule has 0 spiro atoms. The fourth-order valence-electron chi connectivity index (χ4n) is 2.29. The third-order valence-electron chi connectivity index (χ3n) is 4.05. The van der Waals surface area contributed by atoms with E-state index in [1.807, 2.05) is 18.0 Å². The highest BCUT2D eigenvalue weighted by molar-refractivity contribution is 5.97. The van der Waals surface area contributed by atoms with Crippen LogP contribution in [0.15, 0.2) is 27.6 Å². The standard InChI is InChI=1S/C19H35N5O4/c1-7-8-12-28-15-24(14-27-6)18-11-9-10-17(23(4)16(2)25)20-19(21-18)22(3)13-26-5/h9,16,25H,7-8,11-15H2,1-6H3. The zero-order valence-electron chi connectivity index (χ0n) is 18.0. The summed E-state index contributed by atoms with van der Waals surface area (Å²) in [4.78, 5) is 14.7. The summed E-state index contributed by atoms with van der Waals surface area (Å²) in [6, 6.07) is 0. The average Bonchev–Trinajstić information content (AvgIpc) is 2.64. The largest absolute Gasteiger partial charge is 0.374 e. The van der Waals surface area contributed by atoms with Crippen molar-refractivity contribution < 1.29 is 19.3 Å². The Kier molecular flexibility index (Phi) is 11.5. The van der Waals surface area contributed by atoms with Crippen molar-refractivity contribution in [1.82, 2.24) is 14.7 Å². The minimum absolute atomic E-state index is 0.322. The first-order valence-electron chi connectivity index (χ1n) is 9.48. The van der Waals surface area contributed by atoms with E-state index < -0.39 is 6.23 Å². The average molecular weight is 398 g/mol. The molecule has 1 unspecified atom stereocenters. The molecule has 1 heterocycles. The van der Waals surface area contributed by atoms with Crippen LogP contribution in [0.1, 0.15) is 33.1 Å². The van der Waals surface area contributed by atoms with Gasteiger partial charge in [0.2, 0.25) is 5.96 Å². The molecule has 1 atom stereocenters. The Bertz CT molecular complexity index is 585. The van der Waals surface area contributed by atoms with Crippen molar-refractivity contribution in [1.29, 1.82) is 0 Å². The van der Waals surface area contributed by atoms with Gasteiger partial charge in [0.15, 0.2) is 5.82 Å². The molecule has 0 aromatic rings. The minimum Gasteiger partial charge on any atom is -0.374 e. The molecule has 0 aliphatic carbocycles. The molecule has 0 aromatic carbocycles. The van der Waals surface area contributed by atoms with Gasteiger partial charge in [-0.2, -0.15) is 9.98 Å². The molecule has 0 aromatic heterocycles. The van der Waals surface area contributed by atoms with E-state index in [0.717, 1.165) is 18.7 Å². The molecule has 1 N–H and O–H groups in total. The Hall–Kier alpha value is -1.90. The van der Waals surface area contributed by atoms with Crippen LogP contribution in [0.2, 0.25) is 0 Å². The van der Waals surface area contributed by atoms with Gasteiger partial charge < -0.3 is 34.0 Å². The van der Waals surface area contributed by atoms with Crippen LogP contribution in [0.5, 0.6) is 0 Å². The van der Waals surface area contributed by atoms with Gasteiger partial charge in [0.05, 0.1) is 0 Å². The van der Waals surface area contributed by atoms with E-state index in [2.05, 4.69) is 17.6 Å². The van der Waals surface area contributed by atoms with Crippen LogP contribution in [-0.4, -0.2) is 92.9 Å². The highest BCUT2D eigenvalue weighted by atomic mass is 16.5. The van der Waals surface area contributed by atoms with Gasteiger partial charge in [-0.15, -0.1) is 0 Å². The van der Waals surface area contributed by atoms with Gasteiger partial charge in [-0.3, -0.25) is 0 Å². The summed E-state index contributed by atoms with van der Waals surface area (Å²) in [6.07, 6.45) is 3.76. The second-order valence-corrected chi connectivity index (χ2v) is 6.52. The van der Waals surface area contributed by atoms with Gasteiger partial charge in [0, 0.05) is 41.3 Å². The Morgan fingerprint density at radius 1 is 1.18 bits per heavy atom. The zero-order chi connectivity index (χ0) is 20.9. The molecular weight excluding hydrogens is 362 g/mol. The molecular formula is C19H35N5O4. The van der Waals surface area contributed by atoms with E-state index in [-0.39, 0.29) is 0 Å². The quantitative estimate of drug-likeness (QED) is 0.322. The van der Waals surface area contributed by atoms with Crippen LogP contribution in [0.25, 0.3) is 0 Å². The molecule has 1 aliphatic heterocycles. The van der Waals surface area contributed by atoms with Crippen molar-refractivity contribution in [2.45, 2.75) is 39.3 Å². The summed E-state index contributed by atoms with van der Waals surface area (Å²) in [5.41, 5.74) is 3.15. The van der Waals surface area contributed by atoms with Gasteiger partial charge in [0.25, 0.3) is 0 Å². The molecule has 0 saturated heterocycles. The van der Waals surface area contributed by atoms with Crippen molar-refractivity contribution in [3.63, 3.8) is 0 Å². The summed E-state index contributed by atoms with van der Waals surface area (Å²) in [6.45, 7) is 5.54. The second-order valence-electron chi connectivity index (χ2n) is 6.52. The van der Waals surface area contributed by atoms with E-state index in [0.29, 0.717) is 45.0 Å². The van der Waals surface area contributed by atoms with Gasteiger partial charge in [-0.1, -0.05) is 19.1 Å². The van der Waals surface area contributed by atoms with Crippen LogP contribution < -0.4 is 0 Å². The number of hydrogen-bond acceptors (Lipinski definition) is 9. The molecule has 0 amide bonds. The number of guanidine groups is 1. The summed E-state index contributed by atoms with van der Waals surface area (Å²) < 4.78 is 16.3. The van der Waals surface area contributed by atoms with Gasteiger partial charge >= 0.3 is 0 Å². The Morgan fingerprint density at radius 2 is 1.89 bits per heavy atom. The highest BCUT2D eigenvalue weighted by Gasteiger charge is 2.18. The van der Waals surface area contributed by atoms with Crippen molar-refractivity contribution in [3.8, 4) is 0 Å². The lowest BCUT2D eigenvalue weighted by molar-refractivity contribution is 0.00798. The van der Waals surface area contributed by atoms with Gasteiger partial charge in [-0.05, 0) is 19.4 Å². The first kappa shape index (κ1) is 24.1. The van der Waals surface area contributed by atoms with Gasteiger partial charge in [0.1, 0.15) is 32.3 Å². The van der Waals surface area contributed by atoms with Crippen molar-refractivity contribution >= 4 is 11.8 Å². The predicted molar refractivity (Wildman–Crippen MR) is 110 cm³/mol. The van der Waals surface area contributed by atoms with E-state index in [1.54, 1.807) is 38.0 Å². The number of nitrogens with zero attached hydrogens (tertiary/aromatic N) is 5. The molecule has 9 nitrogen and oxygen atoms in total. The summed E-state index contributed by atoms with van der Waals surface area (Å²) >= 11 is 0. The second kappa shape index (κ2) is 13.3.